The van der Waals surface area contributed by atoms with Gasteiger partial charge in [-0.2, -0.15) is 0 Å². The average molecular weight is 386 g/mol. The van der Waals surface area contributed by atoms with Gasteiger partial charge in [-0.3, -0.25) is 9.97 Å². The molecule has 3 aromatic heterocycles. The van der Waals surface area contributed by atoms with Crippen LogP contribution in [0.3, 0.4) is 0 Å². The number of nitrogens with one attached hydrogen (secondary N) is 1. The van der Waals surface area contributed by atoms with E-state index in [1.807, 2.05) is 13.8 Å². The molecule has 0 bridgehead atoms. The monoisotopic (exact) mass is 386 g/mol. The van der Waals surface area contributed by atoms with Crippen molar-refractivity contribution in [2.75, 3.05) is 5.32 Å². The molecule has 0 aliphatic carbocycles. The molecule has 0 aliphatic rings. The zero-order valence-corrected chi connectivity index (χ0v) is 16.7. The standard InChI is InChI=1S/C22H22N6O/c1-4-19-20(15(3)28-29-19)21-17(18-13-23-9-10-24-18)12-26-22(27-21)25-11-16-7-5-14(2)6-8-16/h5-10,12-13H,4,11H2,1-3H3,(H,25,26,27). The van der Waals surface area contributed by atoms with Crippen LogP contribution in [0.25, 0.3) is 22.5 Å². The molecule has 7 nitrogen and oxygen atoms in total. The lowest BCUT2D eigenvalue weighted by atomic mass is 10.0. The van der Waals surface area contributed by atoms with Crippen LogP contribution in [0.5, 0.6) is 0 Å². The molecule has 7 heteroatoms. The topological polar surface area (TPSA) is 89.6 Å². The fraction of sp³-hybridized carbons (Fsp3) is 0.227. The Labute approximate surface area is 169 Å². The molecule has 0 fully saturated rings. The molecule has 0 atom stereocenters. The highest BCUT2D eigenvalue weighted by Crippen LogP contribution is 2.34. The first-order chi connectivity index (χ1) is 14.2. The van der Waals surface area contributed by atoms with Crippen LogP contribution in [0, 0.1) is 13.8 Å². The molecule has 0 amide bonds. The summed E-state index contributed by atoms with van der Waals surface area (Å²) in [5.74, 6) is 1.33. The zero-order chi connectivity index (χ0) is 20.2. The summed E-state index contributed by atoms with van der Waals surface area (Å²) in [6.45, 7) is 6.65. The van der Waals surface area contributed by atoms with Crippen molar-refractivity contribution in [2.45, 2.75) is 33.7 Å². The van der Waals surface area contributed by atoms with Crippen LogP contribution >= 0.6 is 0 Å². The van der Waals surface area contributed by atoms with Gasteiger partial charge < -0.3 is 9.84 Å². The summed E-state index contributed by atoms with van der Waals surface area (Å²) in [4.78, 5) is 17.9. The molecule has 0 radical (unpaired) electrons. The molecule has 3 heterocycles. The number of aryl methyl sites for hydroxylation is 3. The lowest BCUT2D eigenvalue weighted by molar-refractivity contribution is 0.383. The van der Waals surface area contributed by atoms with E-state index in [1.165, 1.54) is 5.56 Å². The Morgan fingerprint density at radius 1 is 1.00 bits per heavy atom. The largest absolute Gasteiger partial charge is 0.360 e. The second kappa shape index (κ2) is 8.18. The molecular weight excluding hydrogens is 364 g/mol. The fourth-order valence-electron chi connectivity index (χ4n) is 3.13. The molecule has 1 aromatic carbocycles. The molecular formula is C22H22N6O. The normalized spacial score (nSPS) is 10.9. The summed E-state index contributed by atoms with van der Waals surface area (Å²) in [6.07, 6.45) is 7.49. The van der Waals surface area contributed by atoms with Gasteiger partial charge in [0.15, 0.2) is 0 Å². The molecule has 0 aliphatic heterocycles. The summed E-state index contributed by atoms with van der Waals surface area (Å²) in [5.41, 5.74) is 6.30. The van der Waals surface area contributed by atoms with Crippen molar-refractivity contribution in [3.63, 3.8) is 0 Å². The number of anilines is 1. The maximum atomic E-state index is 5.50. The molecule has 1 N–H and O–H groups in total. The molecule has 4 aromatic rings. The highest BCUT2D eigenvalue weighted by molar-refractivity contribution is 5.80. The third kappa shape index (κ3) is 3.99. The highest BCUT2D eigenvalue weighted by atomic mass is 16.5. The van der Waals surface area contributed by atoms with E-state index < -0.39 is 0 Å². The van der Waals surface area contributed by atoms with E-state index >= 15 is 0 Å². The highest BCUT2D eigenvalue weighted by Gasteiger charge is 2.21. The molecule has 0 saturated carbocycles. The second-order valence-corrected chi connectivity index (χ2v) is 6.81. The zero-order valence-electron chi connectivity index (χ0n) is 16.7. The minimum atomic E-state index is 0.538. The van der Waals surface area contributed by atoms with Crippen molar-refractivity contribution < 1.29 is 4.52 Å². The number of hydrogen-bond acceptors (Lipinski definition) is 7. The van der Waals surface area contributed by atoms with E-state index in [9.17, 15) is 0 Å². The van der Waals surface area contributed by atoms with Crippen LogP contribution in [0.1, 0.15) is 29.5 Å². The van der Waals surface area contributed by atoms with Crippen molar-refractivity contribution in [3.8, 4) is 22.5 Å². The second-order valence-electron chi connectivity index (χ2n) is 6.81. The molecule has 146 valence electrons. The van der Waals surface area contributed by atoms with Gasteiger partial charge in [-0.15, -0.1) is 0 Å². The smallest absolute Gasteiger partial charge is 0.223 e. The Hall–Kier alpha value is -3.61. The lowest BCUT2D eigenvalue weighted by Crippen LogP contribution is -2.06. The summed E-state index contributed by atoms with van der Waals surface area (Å²) in [7, 11) is 0. The number of aromatic nitrogens is 5. The third-order valence-electron chi connectivity index (χ3n) is 4.69. The Morgan fingerprint density at radius 3 is 2.55 bits per heavy atom. The predicted molar refractivity (Wildman–Crippen MR) is 111 cm³/mol. The van der Waals surface area contributed by atoms with Gasteiger partial charge in [-0.1, -0.05) is 41.9 Å². The van der Waals surface area contributed by atoms with Crippen molar-refractivity contribution in [1.29, 1.82) is 0 Å². The quantitative estimate of drug-likeness (QED) is 0.526. The summed E-state index contributed by atoms with van der Waals surface area (Å²) >= 11 is 0. The molecule has 0 saturated heterocycles. The summed E-state index contributed by atoms with van der Waals surface area (Å²) in [6, 6.07) is 8.37. The van der Waals surface area contributed by atoms with Crippen LogP contribution in [-0.2, 0) is 13.0 Å². The lowest BCUT2D eigenvalue weighted by Gasteiger charge is -2.11. The van der Waals surface area contributed by atoms with Gasteiger partial charge in [-0.05, 0) is 19.4 Å². The fourth-order valence-corrected chi connectivity index (χ4v) is 3.13. The van der Waals surface area contributed by atoms with Gasteiger partial charge in [-0.25, -0.2) is 9.97 Å². The van der Waals surface area contributed by atoms with E-state index in [2.05, 4.69) is 56.6 Å². The third-order valence-corrected chi connectivity index (χ3v) is 4.69. The van der Waals surface area contributed by atoms with Gasteiger partial charge in [0, 0.05) is 37.1 Å². The predicted octanol–water partition coefficient (Wildman–Crippen LogP) is 4.38. The number of rotatable bonds is 6. The minimum Gasteiger partial charge on any atom is -0.360 e. The minimum absolute atomic E-state index is 0.538. The molecule has 29 heavy (non-hydrogen) atoms. The van der Waals surface area contributed by atoms with Crippen molar-refractivity contribution in [2.24, 2.45) is 0 Å². The van der Waals surface area contributed by atoms with Gasteiger partial charge in [0.2, 0.25) is 5.95 Å². The first-order valence-electron chi connectivity index (χ1n) is 9.54. The van der Waals surface area contributed by atoms with Gasteiger partial charge in [0.1, 0.15) is 5.76 Å². The van der Waals surface area contributed by atoms with Crippen LogP contribution < -0.4 is 5.32 Å². The molecule has 0 unspecified atom stereocenters. The van der Waals surface area contributed by atoms with Crippen molar-refractivity contribution in [1.82, 2.24) is 25.1 Å². The van der Waals surface area contributed by atoms with E-state index in [-0.39, 0.29) is 0 Å². The van der Waals surface area contributed by atoms with E-state index in [4.69, 9.17) is 9.51 Å². The number of nitrogens with zero attached hydrogens (tertiary/aromatic N) is 5. The average Bonchev–Trinajstić information content (AvgIpc) is 3.14. The van der Waals surface area contributed by atoms with Gasteiger partial charge in [0.25, 0.3) is 0 Å². The Kier molecular flexibility index (Phi) is 5.29. The van der Waals surface area contributed by atoms with Crippen molar-refractivity contribution >= 4 is 5.95 Å². The van der Waals surface area contributed by atoms with Crippen LogP contribution in [-0.4, -0.2) is 25.1 Å². The maximum absolute atomic E-state index is 5.50. The van der Waals surface area contributed by atoms with Crippen LogP contribution in [0.15, 0.2) is 53.6 Å². The number of hydrogen-bond donors (Lipinski definition) is 1. The summed E-state index contributed by atoms with van der Waals surface area (Å²) < 4.78 is 5.50. The first-order valence-corrected chi connectivity index (χ1v) is 9.54. The maximum Gasteiger partial charge on any atom is 0.223 e. The Morgan fingerprint density at radius 2 is 1.83 bits per heavy atom. The SMILES string of the molecule is CCc1onc(C)c1-c1nc(NCc2ccc(C)cc2)ncc1-c1cnccn1. The van der Waals surface area contributed by atoms with Crippen molar-refractivity contribution in [3.05, 3.63) is 71.6 Å². The molecule has 4 rings (SSSR count). The number of benzene rings is 1. The van der Waals surface area contributed by atoms with Crippen LogP contribution in [0.4, 0.5) is 5.95 Å². The van der Waals surface area contributed by atoms with E-state index in [1.54, 1.807) is 24.8 Å². The van der Waals surface area contributed by atoms with Gasteiger partial charge >= 0.3 is 0 Å². The molecule has 0 spiro atoms. The Balaban J connectivity index is 1.74. The summed E-state index contributed by atoms with van der Waals surface area (Å²) in [5, 5.41) is 7.45. The van der Waals surface area contributed by atoms with Crippen LogP contribution in [0.2, 0.25) is 0 Å². The first kappa shape index (κ1) is 18.7. The van der Waals surface area contributed by atoms with E-state index in [0.29, 0.717) is 24.6 Å². The van der Waals surface area contributed by atoms with E-state index in [0.717, 1.165) is 33.8 Å². The Bertz CT molecular complexity index is 1110. The van der Waals surface area contributed by atoms with Gasteiger partial charge in [0.05, 0.1) is 28.8 Å².